The molecule has 2 N–H and O–H groups in total. The predicted octanol–water partition coefficient (Wildman–Crippen LogP) is 0.411. The van der Waals surface area contributed by atoms with E-state index in [-0.39, 0.29) is 15.8 Å². The molecule has 0 saturated carbocycles. The number of fused-ring (bicyclic) bond motifs is 1. The molecule has 10 heteroatoms. The van der Waals surface area contributed by atoms with Gasteiger partial charge in [-0.05, 0) is 24.3 Å². The Morgan fingerprint density at radius 3 is 3.05 bits per heavy atom. The van der Waals surface area contributed by atoms with Gasteiger partial charge in [0.15, 0.2) is 0 Å². The zero-order valence-electron chi connectivity index (χ0n) is 11.7. The summed E-state index contributed by atoms with van der Waals surface area (Å²) in [5, 5.41) is 18.5. The SMILES string of the molecule is Cn1nnc2c1CCC(NS(=O)(=O)c1ccsc1C(=O)O)C2. The second-order valence-electron chi connectivity index (χ2n) is 5.09. The van der Waals surface area contributed by atoms with E-state index in [1.54, 1.807) is 11.7 Å². The first-order valence-electron chi connectivity index (χ1n) is 6.59. The molecule has 1 atom stereocenters. The van der Waals surface area contributed by atoms with E-state index in [4.69, 9.17) is 5.11 Å². The maximum Gasteiger partial charge on any atom is 0.347 e. The van der Waals surface area contributed by atoms with E-state index in [2.05, 4.69) is 15.0 Å². The van der Waals surface area contributed by atoms with Crippen molar-refractivity contribution in [1.82, 2.24) is 19.7 Å². The molecule has 0 aliphatic heterocycles. The lowest BCUT2D eigenvalue weighted by atomic mass is 9.97. The van der Waals surface area contributed by atoms with Crippen molar-refractivity contribution in [3.8, 4) is 0 Å². The Labute approximate surface area is 130 Å². The van der Waals surface area contributed by atoms with Gasteiger partial charge in [-0.3, -0.25) is 4.68 Å². The third-order valence-electron chi connectivity index (χ3n) is 3.63. The van der Waals surface area contributed by atoms with Crippen molar-refractivity contribution >= 4 is 27.3 Å². The van der Waals surface area contributed by atoms with Crippen LogP contribution in [0.2, 0.25) is 0 Å². The average molecular weight is 342 g/mol. The van der Waals surface area contributed by atoms with Gasteiger partial charge in [0, 0.05) is 19.5 Å². The summed E-state index contributed by atoms with van der Waals surface area (Å²) in [6, 6.07) is 1.00. The summed E-state index contributed by atoms with van der Waals surface area (Å²) in [4.78, 5) is 10.7. The van der Waals surface area contributed by atoms with Crippen molar-refractivity contribution in [3.05, 3.63) is 27.7 Å². The highest BCUT2D eigenvalue weighted by Crippen LogP contribution is 2.24. The van der Waals surface area contributed by atoms with Gasteiger partial charge in [0.25, 0.3) is 0 Å². The number of rotatable bonds is 4. The number of carboxylic acid groups (broad SMARTS) is 1. The maximum absolute atomic E-state index is 12.4. The van der Waals surface area contributed by atoms with Gasteiger partial charge in [0.2, 0.25) is 10.0 Å². The number of thiophene rings is 1. The smallest absolute Gasteiger partial charge is 0.347 e. The minimum absolute atomic E-state index is 0.177. The first kappa shape index (κ1) is 15.1. The number of aryl methyl sites for hydroxylation is 1. The Bertz CT molecular complexity index is 824. The number of hydrogen-bond acceptors (Lipinski definition) is 6. The molecular weight excluding hydrogens is 328 g/mol. The number of hydrogen-bond donors (Lipinski definition) is 2. The molecule has 0 bridgehead atoms. The second kappa shape index (κ2) is 5.45. The summed E-state index contributed by atoms with van der Waals surface area (Å²) < 4.78 is 29.1. The van der Waals surface area contributed by atoms with Gasteiger partial charge in [-0.25, -0.2) is 17.9 Å². The Morgan fingerprint density at radius 1 is 1.55 bits per heavy atom. The molecule has 0 spiro atoms. The first-order valence-corrected chi connectivity index (χ1v) is 8.95. The summed E-state index contributed by atoms with van der Waals surface area (Å²) in [5.74, 6) is -1.24. The number of carbonyl (C=O) groups is 1. The van der Waals surface area contributed by atoms with E-state index in [0.717, 1.165) is 22.7 Å². The van der Waals surface area contributed by atoms with Gasteiger partial charge in [-0.1, -0.05) is 5.21 Å². The molecule has 0 amide bonds. The zero-order chi connectivity index (χ0) is 15.9. The van der Waals surface area contributed by atoms with Crippen LogP contribution in [0.5, 0.6) is 0 Å². The Kier molecular flexibility index (Phi) is 3.75. The van der Waals surface area contributed by atoms with Gasteiger partial charge in [0.1, 0.15) is 9.77 Å². The maximum atomic E-state index is 12.4. The van der Waals surface area contributed by atoms with Crippen molar-refractivity contribution in [3.63, 3.8) is 0 Å². The van der Waals surface area contributed by atoms with Crippen LogP contribution in [0, 0.1) is 0 Å². The molecule has 22 heavy (non-hydrogen) atoms. The van der Waals surface area contributed by atoms with Crippen LogP contribution in [0.4, 0.5) is 0 Å². The van der Waals surface area contributed by atoms with Crippen LogP contribution >= 0.6 is 11.3 Å². The Balaban J connectivity index is 1.81. The number of carboxylic acids is 1. The van der Waals surface area contributed by atoms with Crippen LogP contribution in [-0.2, 0) is 29.9 Å². The number of sulfonamides is 1. The van der Waals surface area contributed by atoms with Crippen molar-refractivity contribution in [2.75, 3.05) is 0 Å². The number of nitrogens with one attached hydrogen (secondary N) is 1. The van der Waals surface area contributed by atoms with E-state index in [0.29, 0.717) is 19.3 Å². The highest BCUT2D eigenvalue weighted by atomic mass is 32.2. The van der Waals surface area contributed by atoms with Gasteiger partial charge < -0.3 is 5.11 Å². The summed E-state index contributed by atoms with van der Waals surface area (Å²) in [6.45, 7) is 0. The molecule has 118 valence electrons. The fourth-order valence-electron chi connectivity index (χ4n) is 2.58. The van der Waals surface area contributed by atoms with Crippen LogP contribution in [-0.4, -0.2) is 40.5 Å². The molecule has 1 aliphatic carbocycles. The van der Waals surface area contributed by atoms with E-state index in [1.807, 2.05) is 0 Å². The number of aromatic nitrogens is 3. The van der Waals surface area contributed by atoms with Crippen LogP contribution < -0.4 is 4.72 Å². The summed E-state index contributed by atoms with van der Waals surface area (Å²) in [7, 11) is -2.06. The highest BCUT2D eigenvalue weighted by molar-refractivity contribution is 7.89. The first-order chi connectivity index (χ1) is 10.4. The van der Waals surface area contributed by atoms with E-state index in [1.165, 1.54) is 11.4 Å². The summed E-state index contributed by atoms with van der Waals surface area (Å²) in [5.41, 5.74) is 1.79. The molecule has 3 rings (SSSR count). The van der Waals surface area contributed by atoms with Gasteiger partial charge in [-0.15, -0.1) is 16.4 Å². The van der Waals surface area contributed by atoms with Crippen LogP contribution in [0.25, 0.3) is 0 Å². The molecule has 1 aliphatic rings. The number of aromatic carboxylic acids is 1. The largest absolute Gasteiger partial charge is 0.477 e. The van der Waals surface area contributed by atoms with Crippen molar-refractivity contribution in [2.45, 2.75) is 30.2 Å². The van der Waals surface area contributed by atoms with Gasteiger partial charge in [0.05, 0.1) is 11.4 Å². The topological polar surface area (TPSA) is 114 Å². The van der Waals surface area contributed by atoms with Crippen LogP contribution in [0.1, 0.15) is 27.5 Å². The third kappa shape index (κ3) is 2.64. The Morgan fingerprint density at radius 2 is 2.32 bits per heavy atom. The van der Waals surface area contributed by atoms with Gasteiger partial charge in [-0.2, -0.15) is 0 Å². The average Bonchev–Trinajstić information content (AvgIpc) is 3.06. The fraction of sp³-hybridized carbons (Fsp3) is 0.417. The van der Waals surface area contributed by atoms with E-state index >= 15 is 0 Å². The molecule has 1 unspecified atom stereocenters. The summed E-state index contributed by atoms with van der Waals surface area (Å²) in [6.07, 6.45) is 1.76. The van der Waals surface area contributed by atoms with Crippen LogP contribution in [0.15, 0.2) is 16.3 Å². The minimum atomic E-state index is -3.86. The molecule has 0 saturated heterocycles. The molecule has 8 nitrogen and oxygen atoms in total. The third-order valence-corrected chi connectivity index (χ3v) is 6.22. The molecule has 0 fully saturated rings. The van der Waals surface area contributed by atoms with Crippen molar-refractivity contribution in [2.24, 2.45) is 7.05 Å². The standard InChI is InChI=1S/C12H14N4O4S2/c1-16-9-3-2-7(6-8(9)13-15-16)14-22(19,20)10-4-5-21-11(10)12(17)18/h4-5,7,14H,2-3,6H2,1H3,(H,17,18). The second-order valence-corrected chi connectivity index (χ2v) is 7.69. The lowest BCUT2D eigenvalue weighted by Crippen LogP contribution is -2.39. The van der Waals surface area contributed by atoms with Gasteiger partial charge >= 0.3 is 5.97 Å². The predicted molar refractivity (Wildman–Crippen MR) is 78.4 cm³/mol. The Hall–Kier alpha value is -1.78. The number of nitrogens with zero attached hydrogens (tertiary/aromatic N) is 3. The molecule has 0 radical (unpaired) electrons. The lowest BCUT2D eigenvalue weighted by Gasteiger charge is -2.22. The van der Waals surface area contributed by atoms with Crippen molar-refractivity contribution in [1.29, 1.82) is 0 Å². The zero-order valence-corrected chi connectivity index (χ0v) is 13.3. The lowest BCUT2D eigenvalue weighted by molar-refractivity contribution is 0.0698. The van der Waals surface area contributed by atoms with E-state index < -0.39 is 16.0 Å². The van der Waals surface area contributed by atoms with E-state index in [9.17, 15) is 13.2 Å². The monoisotopic (exact) mass is 342 g/mol. The van der Waals surface area contributed by atoms with Crippen molar-refractivity contribution < 1.29 is 18.3 Å². The molecule has 2 aromatic rings. The van der Waals surface area contributed by atoms with Crippen LogP contribution in [0.3, 0.4) is 0 Å². The minimum Gasteiger partial charge on any atom is -0.477 e. The summed E-state index contributed by atoms with van der Waals surface area (Å²) >= 11 is 0.894. The molecule has 2 heterocycles. The normalized spacial score (nSPS) is 18.1. The molecular formula is C12H14N4O4S2. The molecule has 2 aromatic heterocycles. The molecule has 0 aromatic carbocycles. The quantitative estimate of drug-likeness (QED) is 0.832. The fourth-order valence-corrected chi connectivity index (χ4v) is 5.11. The highest BCUT2D eigenvalue weighted by Gasteiger charge is 2.30.